The Morgan fingerprint density at radius 1 is 1.35 bits per heavy atom. The Bertz CT molecular complexity index is 537. The Labute approximate surface area is 143 Å². The number of rotatable bonds is 5. The van der Waals surface area contributed by atoms with Crippen LogP contribution < -0.4 is 5.32 Å². The van der Waals surface area contributed by atoms with Crippen molar-refractivity contribution in [3.8, 4) is 0 Å². The highest BCUT2D eigenvalue weighted by Crippen LogP contribution is 2.35. The monoisotopic (exact) mass is 339 g/mol. The van der Waals surface area contributed by atoms with Gasteiger partial charge in [-0.1, -0.05) is 19.3 Å². The number of aromatic nitrogens is 2. The number of hydrogen-bond acceptors (Lipinski definition) is 5. The van der Waals surface area contributed by atoms with Gasteiger partial charge in [-0.05, 0) is 57.7 Å². The largest absolute Gasteiger partial charge is 0.460 e. The number of halogens is 1. The normalized spacial score (nSPS) is 17.6. The van der Waals surface area contributed by atoms with E-state index in [1.54, 1.807) is 6.20 Å². The van der Waals surface area contributed by atoms with E-state index >= 15 is 0 Å². The van der Waals surface area contributed by atoms with E-state index < -0.39 is 5.60 Å². The second-order valence-electron chi connectivity index (χ2n) is 7.26. The quantitative estimate of drug-likeness (QED) is 0.637. The summed E-state index contributed by atoms with van der Waals surface area (Å²) < 4.78 is 5.43. The summed E-state index contributed by atoms with van der Waals surface area (Å²) in [5.74, 6) is 0.570. The molecule has 5 nitrogen and oxygen atoms in total. The minimum Gasteiger partial charge on any atom is -0.460 e. The van der Waals surface area contributed by atoms with Crippen LogP contribution in [0.3, 0.4) is 0 Å². The van der Waals surface area contributed by atoms with Crippen molar-refractivity contribution < 1.29 is 9.53 Å². The summed E-state index contributed by atoms with van der Waals surface area (Å²) in [6, 6.07) is 1.82. The smallest absolute Gasteiger partial charge is 0.306 e. The van der Waals surface area contributed by atoms with E-state index in [2.05, 4.69) is 15.3 Å². The fourth-order valence-corrected chi connectivity index (χ4v) is 3.22. The van der Waals surface area contributed by atoms with E-state index in [1.165, 1.54) is 6.42 Å². The van der Waals surface area contributed by atoms with Crippen molar-refractivity contribution in [1.29, 1.82) is 0 Å². The maximum absolute atomic E-state index is 12.1. The zero-order valence-corrected chi connectivity index (χ0v) is 14.9. The molecule has 128 valence electrons. The van der Waals surface area contributed by atoms with Crippen LogP contribution in [0.15, 0.2) is 12.3 Å². The van der Waals surface area contributed by atoms with Gasteiger partial charge in [0.25, 0.3) is 0 Å². The molecule has 0 radical (unpaired) electrons. The van der Waals surface area contributed by atoms with Crippen molar-refractivity contribution in [2.75, 3.05) is 5.32 Å². The van der Waals surface area contributed by atoms with Crippen LogP contribution in [0, 0.1) is 0 Å². The molecule has 1 fully saturated rings. The molecule has 0 amide bonds. The second-order valence-corrected chi connectivity index (χ2v) is 7.60. The van der Waals surface area contributed by atoms with Gasteiger partial charge in [-0.15, -0.1) is 0 Å². The second kappa shape index (κ2) is 7.47. The van der Waals surface area contributed by atoms with E-state index in [0.717, 1.165) is 37.9 Å². The molecule has 1 saturated carbocycles. The van der Waals surface area contributed by atoms with Crippen LogP contribution in [0.1, 0.15) is 65.7 Å². The van der Waals surface area contributed by atoms with Crippen LogP contribution in [0.25, 0.3) is 0 Å². The van der Waals surface area contributed by atoms with Crippen LogP contribution in [0.5, 0.6) is 0 Å². The minimum atomic E-state index is -0.440. The van der Waals surface area contributed by atoms with Gasteiger partial charge in [0, 0.05) is 18.2 Å². The van der Waals surface area contributed by atoms with Crippen molar-refractivity contribution in [1.82, 2.24) is 9.97 Å². The van der Waals surface area contributed by atoms with Gasteiger partial charge < -0.3 is 10.1 Å². The molecule has 0 aliphatic heterocycles. The molecule has 0 bridgehead atoms. The molecule has 1 heterocycles. The van der Waals surface area contributed by atoms with Gasteiger partial charge in [-0.2, -0.15) is 0 Å². The number of ether oxygens (including phenoxy) is 1. The number of esters is 1. The molecule has 0 atom stereocenters. The van der Waals surface area contributed by atoms with Gasteiger partial charge in [0.2, 0.25) is 5.28 Å². The summed E-state index contributed by atoms with van der Waals surface area (Å²) >= 11 is 5.87. The van der Waals surface area contributed by atoms with E-state index in [4.69, 9.17) is 16.3 Å². The Balaban J connectivity index is 2.02. The zero-order chi connectivity index (χ0) is 16.9. The molecule has 1 N–H and O–H groups in total. The summed E-state index contributed by atoms with van der Waals surface area (Å²) in [6.45, 7) is 5.67. The van der Waals surface area contributed by atoms with Gasteiger partial charge >= 0.3 is 5.97 Å². The third kappa shape index (κ3) is 5.98. The van der Waals surface area contributed by atoms with Crippen LogP contribution >= 0.6 is 11.6 Å². The lowest BCUT2D eigenvalue weighted by atomic mass is 9.78. The summed E-state index contributed by atoms with van der Waals surface area (Å²) in [5.41, 5.74) is -0.558. The van der Waals surface area contributed by atoms with Crippen molar-refractivity contribution in [3.63, 3.8) is 0 Å². The average molecular weight is 340 g/mol. The molecule has 1 aliphatic rings. The first-order valence-corrected chi connectivity index (χ1v) is 8.64. The third-order valence-electron chi connectivity index (χ3n) is 4.06. The predicted molar refractivity (Wildman–Crippen MR) is 91.6 cm³/mol. The van der Waals surface area contributed by atoms with Crippen molar-refractivity contribution in [2.24, 2.45) is 0 Å². The molecular formula is C17H26ClN3O2. The first-order valence-electron chi connectivity index (χ1n) is 8.27. The molecule has 1 aromatic rings. The average Bonchev–Trinajstić information content (AvgIpc) is 2.45. The summed E-state index contributed by atoms with van der Waals surface area (Å²) in [4.78, 5) is 20.2. The molecule has 1 aliphatic carbocycles. The van der Waals surface area contributed by atoms with Crippen molar-refractivity contribution in [3.05, 3.63) is 17.5 Å². The van der Waals surface area contributed by atoms with Gasteiger partial charge in [0.1, 0.15) is 11.4 Å². The molecule has 23 heavy (non-hydrogen) atoms. The van der Waals surface area contributed by atoms with Gasteiger partial charge in [-0.3, -0.25) is 4.79 Å². The van der Waals surface area contributed by atoms with Crippen molar-refractivity contribution >= 4 is 23.4 Å². The third-order valence-corrected chi connectivity index (χ3v) is 4.24. The van der Waals surface area contributed by atoms with Gasteiger partial charge in [0.15, 0.2) is 0 Å². The number of carbonyl (C=O) groups excluding carboxylic acids is 1. The molecule has 6 heteroatoms. The van der Waals surface area contributed by atoms with Gasteiger partial charge in [-0.25, -0.2) is 9.97 Å². The molecular weight excluding hydrogens is 314 g/mol. The first kappa shape index (κ1) is 18.0. The van der Waals surface area contributed by atoms with Crippen molar-refractivity contribution in [2.45, 2.75) is 76.9 Å². The highest BCUT2D eigenvalue weighted by molar-refractivity contribution is 6.28. The zero-order valence-electron chi connectivity index (χ0n) is 14.2. The Morgan fingerprint density at radius 3 is 2.65 bits per heavy atom. The number of anilines is 1. The number of nitrogens with one attached hydrogen (secondary N) is 1. The maximum Gasteiger partial charge on any atom is 0.306 e. The SMILES string of the molecule is CC(C)(C)OC(=O)CCC1(Nc2ccnc(Cl)n2)CCCCC1. The van der Waals surface area contributed by atoms with Crippen LogP contribution in [-0.2, 0) is 9.53 Å². The standard InChI is InChI=1S/C17H26ClN3O2/c1-16(2,3)23-14(22)7-11-17(9-5-4-6-10-17)21-13-8-12-19-15(18)20-13/h8,12H,4-7,9-11H2,1-3H3,(H,19,20,21). The summed E-state index contributed by atoms with van der Waals surface area (Å²) in [5, 5.41) is 3.74. The predicted octanol–water partition coefficient (Wildman–Crippen LogP) is 4.37. The topological polar surface area (TPSA) is 64.1 Å². The lowest BCUT2D eigenvalue weighted by Gasteiger charge is -2.38. The highest BCUT2D eigenvalue weighted by atomic mass is 35.5. The van der Waals surface area contributed by atoms with E-state index in [-0.39, 0.29) is 16.8 Å². The van der Waals surface area contributed by atoms with Gasteiger partial charge in [0.05, 0.1) is 0 Å². The first-order chi connectivity index (χ1) is 10.8. The Kier molecular flexibility index (Phi) is 5.84. The molecule has 0 saturated heterocycles. The van der Waals surface area contributed by atoms with Crippen LogP contribution in [-0.4, -0.2) is 27.1 Å². The number of carbonyl (C=O) groups is 1. The van der Waals surface area contributed by atoms with Crippen LogP contribution in [0.4, 0.5) is 5.82 Å². The van der Waals surface area contributed by atoms with Crippen LogP contribution in [0.2, 0.25) is 5.28 Å². The Hall–Kier alpha value is -1.36. The molecule has 0 aromatic carbocycles. The maximum atomic E-state index is 12.1. The summed E-state index contributed by atoms with van der Waals surface area (Å²) in [6.07, 6.45) is 8.38. The lowest BCUT2D eigenvalue weighted by Crippen LogP contribution is -2.41. The molecule has 0 spiro atoms. The molecule has 1 aromatic heterocycles. The molecule has 0 unspecified atom stereocenters. The fraction of sp³-hybridized carbons (Fsp3) is 0.706. The number of hydrogen-bond donors (Lipinski definition) is 1. The van der Waals surface area contributed by atoms with E-state index in [0.29, 0.717) is 6.42 Å². The van der Waals surface area contributed by atoms with E-state index in [1.807, 2.05) is 26.8 Å². The fourth-order valence-electron chi connectivity index (χ4n) is 3.08. The lowest BCUT2D eigenvalue weighted by molar-refractivity contribution is -0.155. The molecule has 2 rings (SSSR count). The van der Waals surface area contributed by atoms with E-state index in [9.17, 15) is 4.79 Å². The Morgan fingerprint density at radius 2 is 2.04 bits per heavy atom. The minimum absolute atomic E-state index is 0.118. The highest BCUT2D eigenvalue weighted by Gasteiger charge is 2.33. The summed E-state index contributed by atoms with van der Waals surface area (Å²) in [7, 11) is 0. The number of nitrogens with zero attached hydrogens (tertiary/aromatic N) is 2.